The van der Waals surface area contributed by atoms with Gasteiger partial charge in [0.25, 0.3) is 0 Å². The van der Waals surface area contributed by atoms with Crippen molar-refractivity contribution >= 4 is 17.6 Å². The average molecular weight is 275 g/mol. The van der Waals surface area contributed by atoms with Crippen molar-refractivity contribution in [3.8, 4) is 6.07 Å². The highest BCUT2D eigenvalue weighted by Gasteiger charge is 2.20. The molecule has 106 valence electrons. The molecule has 0 heterocycles. The second-order valence-electron chi connectivity index (χ2n) is 5.01. The van der Waals surface area contributed by atoms with Gasteiger partial charge in [-0.05, 0) is 31.5 Å². The van der Waals surface area contributed by atoms with Crippen LogP contribution in [0.25, 0.3) is 0 Å². The lowest BCUT2D eigenvalue weighted by atomic mass is 9.86. The van der Waals surface area contributed by atoms with Crippen molar-refractivity contribution in [1.29, 1.82) is 5.26 Å². The Kier molecular flexibility index (Phi) is 4.83. The van der Waals surface area contributed by atoms with Gasteiger partial charge in [0.1, 0.15) is 0 Å². The maximum absolute atomic E-state index is 11.6. The van der Waals surface area contributed by atoms with Gasteiger partial charge in [-0.3, -0.25) is 9.59 Å². The van der Waals surface area contributed by atoms with Crippen LogP contribution in [0.15, 0.2) is 24.3 Å². The normalized spacial score (nSPS) is 12.3. The average Bonchev–Trinajstić information content (AvgIpc) is 2.38. The molecule has 1 rings (SSSR count). The van der Waals surface area contributed by atoms with Crippen LogP contribution in [0.1, 0.15) is 25.8 Å². The van der Waals surface area contributed by atoms with E-state index in [1.165, 1.54) is 0 Å². The monoisotopic (exact) mass is 275 g/mol. The second-order valence-corrected chi connectivity index (χ2v) is 5.01. The Morgan fingerprint density at radius 3 is 2.40 bits per heavy atom. The van der Waals surface area contributed by atoms with Crippen LogP contribution < -0.4 is 11.1 Å². The molecule has 1 aromatic rings. The predicted molar refractivity (Wildman–Crippen MR) is 73.9 cm³/mol. The van der Waals surface area contributed by atoms with Crippen molar-refractivity contribution in [2.75, 3.05) is 5.32 Å². The van der Waals surface area contributed by atoms with Crippen molar-refractivity contribution in [3.63, 3.8) is 0 Å². The van der Waals surface area contributed by atoms with Gasteiger partial charge in [-0.25, -0.2) is 0 Å². The van der Waals surface area contributed by atoms with Crippen LogP contribution in [-0.2, 0) is 15.0 Å². The molecule has 4 N–H and O–H groups in total. The first-order chi connectivity index (χ1) is 9.26. The number of amides is 1. The molecule has 1 unspecified atom stereocenters. The molecule has 0 aliphatic carbocycles. The van der Waals surface area contributed by atoms with E-state index in [-0.39, 0.29) is 0 Å². The van der Waals surface area contributed by atoms with Gasteiger partial charge in [-0.1, -0.05) is 12.1 Å². The van der Waals surface area contributed by atoms with Gasteiger partial charge in [0.2, 0.25) is 5.91 Å². The topological polar surface area (TPSA) is 116 Å². The molecule has 0 aliphatic heterocycles. The zero-order valence-corrected chi connectivity index (χ0v) is 11.4. The molecular weight excluding hydrogens is 258 g/mol. The lowest BCUT2D eigenvalue weighted by molar-refractivity contribution is -0.138. The summed E-state index contributed by atoms with van der Waals surface area (Å²) in [6, 6.07) is 7.87. The van der Waals surface area contributed by atoms with Crippen LogP contribution in [0.5, 0.6) is 0 Å². The van der Waals surface area contributed by atoms with Gasteiger partial charge in [-0.2, -0.15) is 5.26 Å². The number of aliphatic carboxylic acids is 1. The molecule has 0 aromatic heterocycles. The Morgan fingerprint density at radius 2 is 1.95 bits per heavy atom. The highest BCUT2D eigenvalue weighted by atomic mass is 16.4. The van der Waals surface area contributed by atoms with Gasteiger partial charge in [-0.15, -0.1) is 0 Å². The van der Waals surface area contributed by atoms with E-state index in [2.05, 4.69) is 11.4 Å². The van der Waals surface area contributed by atoms with E-state index in [1.807, 2.05) is 0 Å². The summed E-state index contributed by atoms with van der Waals surface area (Å²) in [6.45, 7) is 3.59. The molecule has 0 saturated heterocycles. The van der Waals surface area contributed by atoms with E-state index in [4.69, 9.17) is 16.1 Å². The lowest BCUT2D eigenvalue weighted by Gasteiger charge is -2.16. The zero-order valence-electron chi connectivity index (χ0n) is 11.4. The zero-order chi connectivity index (χ0) is 15.3. The van der Waals surface area contributed by atoms with E-state index in [9.17, 15) is 9.59 Å². The minimum Gasteiger partial charge on any atom is -0.481 e. The number of rotatable bonds is 5. The Labute approximate surface area is 117 Å². The second kappa shape index (κ2) is 6.17. The van der Waals surface area contributed by atoms with Crippen molar-refractivity contribution in [3.05, 3.63) is 29.8 Å². The molecule has 1 atom stereocenters. The number of nitrogens with zero attached hydrogens (tertiary/aromatic N) is 1. The molecule has 1 amide bonds. The van der Waals surface area contributed by atoms with Crippen molar-refractivity contribution < 1.29 is 14.7 Å². The fourth-order valence-electron chi connectivity index (χ4n) is 1.55. The minimum absolute atomic E-state index is 0.425. The van der Waals surface area contributed by atoms with E-state index in [1.54, 1.807) is 38.1 Å². The Bertz CT molecular complexity index is 544. The number of hydrogen-bond acceptors (Lipinski definition) is 4. The molecular formula is C14H17N3O3. The van der Waals surface area contributed by atoms with Crippen LogP contribution in [0.2, 0.25) is 0 Å². The number of carboxylic acid groups (broad SMARTS) is 1. The van der Waals surface area contributed by atoms with Gasteiger partial charge < -0.3 is 16.2 Å². The quantitative estimate of drug-likeness (QED) is 0.747. The summed E-state index contributed by atoms with van der Waals surface area (Å²) in [5, 5.41) is 20.1. The number of anilines is 1. The van der Waals surface area contributed by atoms with E-state index >= 15 is 0 Å². The van der Waals surface area contributed by atoms with Gasteiger partial charge in [0.15, 0.2) is 0 Å². The highest BCUT2D eigenvalue weighted by Crippen LogP contribution is 2.23. The summed E-state index contributed by atoms with van der Waals surface area (Å²) >= 11 is 0. The fraction of sp³-hybridized carbons (Fsp3) is 0.357. The van der Waals surface area contributed by atoms with Crippen LogP contribution in [0.3, 0.4) is 0 Å². The van der Waals surface area contributed by atoms with E-state index in [0.29, 0.717) is 5.69 Å². The van der Waals surface area contributed by atoms with Crippen molar-refractivity contribution in [1.82, 2.24) is 0 Å². The highest BCUT2D eigenvalue weighted by molar-refractivity contribution is 5.96. The van der Waals surface area contributed by atoms with Gasteiger partial charge in [0.05, 0.1) is 23.9 Å². The number of hydrogen-bond donors (Lipinski definition) is 3. The molecule has 20 heavy (non-hydrogen) atoms. The Hall–Kier alpha value is -2.39. The van der Waals surface area contributed by atoms with Crippen LogP contribution >= 0.6 is 0 Å². The van der Waals surface area contributed by atoms with Crippen LogP contribution in [-0.4, -0.2) is 23.0 Å². The molecule has 0 bridgehead atoms. The first-order valence-electron chi connectivity index (χ1n) is 6.06. The standard InChI is InChI=1S/C14H17N3O3/c1-14(2,8-15)9-3-5-10(6-4-9)17-13(20)11(16)7-12(18)19/h3-6,11H,7,16H2,1-2H3,(H,17,20)(H,18,19). The third kappa shape index (κ3) is 4.07. The fourth-order valence-corrected chi connectivity index (χ4v) is 1.55. The van der Waals surface area contributed by atoms with Gasteiger partial charge in [0, 0.05) is 5.69 Å². The van der Waals surface area contributed by atoms with E-state index in [0.717, 1.165) is 5.56 Å². The minimum atomic E-state index is -1.13. The van der Waals surface area contributed by atoms with Crippen LogP contribution in [0.4, 0.5) is 5.69 Å². The number of nitrogens with one attached hydrogen (secondary N) is 1. The number of nitrogens with two attached hydrogens (primary N) is 1. The summed E-state index contributed by atoms with van der Waals surface area (Å²) in [5.74, 6) is -1.68. The molecule has 1 aromatic carbocycles. The summed E-state index contributed by atoms with van der Waals surface area (Å²) in [7, 11) is 0. The molecule has 0 spiro atoms. The first-order valence-corrected chi connectivity index (χ1v) is 6.06. The Balaban J connectivity index is 2.74. The summed E-state index contributed by atoms with van der Waals surface area (Å²) in [4.78, 5) is 22.1. The molecule has 0 aliphatic rings. The molecule has 0 saturated carbocycles. The van der Waals surface area contributed by atoms with Gasteiger partial charge >= 0.3 is 5.97 Å². The smallest absolute Gasteiger partial charge is 0.305 e. The Morgan fingerprint density at radius 1 is 1.40 bits per heavy atom. The SMILES string of the molecule is CC(C)(C#N)c1ccc(NC(=O)C(N)CC(=O)O)cc1. The molecule has 6 nitrogen and oxygen atoms in total. The number of carboxylic acids is 1. The number of carbonyl (C=O) groups excluding carboxylic acids is 1. The summed E-state index contributed by atoms with van der Waals surface area (Å²) in [5.41, 5.74) is 6.18. The van der Waals surface area contributed by atoms with Crippen LogP contribution in [0, 0.1) is 11.3 Å². The maximum atomic E-state index is 11.6. The maximum Gasteiger partial charge on any atom is 0.305 e. The summed E-state index contributed by atoms with van der Waals surface area (Å²) in [6.07, 6.45) is -0.425. The number of carbonyl (C=O) groups is 2. The summed E-state index contributed by atoms with van der Waals surface area (Å²) < 4.78 is 0. The third-order valence-electron chi connectivity index (χ3n) is 2.88. The lowest BCUT2D eigenvalue weighted by Crippen LogP contribution is -2.37. The molecule has 6 heteroatoms. The first kappa shape index (κ1) is 15.7. The molecule has 0 radical (unpaired) electrons. The predicted octanol–water partition coefficient (Wildman–Crippen LogP) is 1.23. The number of benzene rings is 1. The number of nitriles is 1. The molecule has 0 fully saturated rings. The van der Waals surface area contributed by atoms with E-state index < -0.39 is 29.8 Å². The van der Waals surface area contributed by atoms with Crippen molar-refractivity contribution in [2.45, 2.75) is 31.7 Å². The van der Waals surface area contributed by atoms with Crippen molar-refractivity contribution in [2.24, 2.45) is 5.73 Å². The largest absolute Gasteiger partial charge is 0.481 e. The third-order valence-corrected chi connectivity index (χ3v) is 2.88.